The Morgan fingerprint density at radius 3 is 2.95 bits per heavy atom. The first-order chi connectivity index (χ1) is 9.08. The van der Waals surface area contributed by atoms with Crippen LogP contribution in [0.4, 0.5) is 0 Å². The first kappa shape index (κ1) is 13.8. The quantitative estimate of drug-likeness (QED) is 0.912. The van der Waals surface area contributed by atoms with Crippen LogP contribution >= 0.6 is 15.9 Å². The number of nitrogens with one attached hydrogen (secondary N) is 1. The number of carbonyl (C=O) groups is 1. The van der Waals surface area contributed by atoms with Gasteiger partial charge < -0.3 is 5.32 Å². The van der Waals surface area contributed by atoms with E-state index in [1.807, 2.05) is 20.0 Å². The van der Waals surface area contributed by atoms with Gasteiger partial charge in [-0.05, 0) is 35.3 Å². The molecule has 2 rings (SSSR count). The molecule has 0 bridgehead atoms. The lowest BCUT2D eigenvalue weighted by atomic mass is 10.2. The highest BCUT2D eigenvalue weighted by atomic mass is 79.9. The van der Waals surface area contributed by atoms with E-state index in [0.29, 0.717) is 12.4 Å². The van der Waals surface area contributed by atoms with E-state index in [2.05, 4.69) is 31.4 Å². The van der Waals surface area contributed by atoms with Gasteiger partial charge in [-0.3, -0.25) is 9.48 Å². The van der Waals surface area contributed by atoms with Crippen LogP contribution in [-0.2, 0) is 6.67 Å². The summed E-state index contributed by atoms with van der Waals surface area (Å²) < 4.78 is 4.31. The van der Waals surface area contributed by atoms with Gasteiger partial charge in [0.05, 0.1) is 10.7 Å². The molecule has 2 heterocycles. The van der Waals surface area contributed by atoms with Crippen LogP contribution in [0.5, 0.6) is 0 Å². The average Bonchev–Trinajstić information content (AvgIpc) is 2.99. The lowest BCUT2D eigenvalue weighted by Crippen LogP contribution is -2.32. The van der Waals surface area contributed by atoms with Crippen LogP contribution in [0.2, 0.25) is 0 Å². The monoisotopic (exact) mass is 325 g/mol. The molecule has 0 spiro atoms. The summed E-state index contributed by atoms with van der Waals surface area (Å²) in [6.45, 7) is 4.47. The zero-order chi connectivity index (χ0) is 13.8. The van der Waals surface area contributed by atoms with Crippen molar-refractivity contribution in [2.45, 2.75) is 33.0 Å². The van der Waals surface area contributed by atoms with Gasteiger partial charge in [-0.2, -0.15) is 10.2 Å². The van der Waals surface area contributed by atoms with Gasteiger partial charge in [0.1, 0.15) is 12.4 Å². The SMILES string of the molecule is CCC(C)NC(=O)c1ccn(Cn2cc(Br)cn2)n1. The third-order valence-corrected chi connectivity index (χ3v) is 3.16. The Bertz CT molecular complexity index is 562. The topological polar surface area (TPSA) is 64.7 Å². The number of carbonyl (C=O) groups excluding carboxylic acids is 1. The van der Waals surface area contributed by atoms with E-state index in [1.54, 1.807) is 27.8 Å². The molecule has 1 amide bonds. The maximum Gasteiger partial charge on any atom is 0.271 e. The van der Waals surface area contributed by atoms with Crippen molar-refractivity contribution in [3.8, 4) is 0 Å². The Hall–Kier alpha value is -1.63. The van der Waals surface area contributed by atoms with E-state index in [0.717, 1.165) is 10.9 Å². The van der Waals surface area contributed by atoms with Gasteiger partial charge in [0.25, 0.3) is 5.91 Å². The van der Waals surface area contributed by atoms with Crippen LogP contribution in [0.15, 0.2) is 29.1 Å². The second-order valence-electron chi connectivity index (χ2n) is 4.36. The highest BCUT2D eigenvalue weighted by molar-refractivity contribution is 9.10. The number of aromatic nitrogens is 4. The zero-order valence-corrected chi connectivity index (χ0v) is 12.5. The molecule has 2 aromatic rings. The first-order valence-corrected chi connectivity index (χ1v) is 6.90. The molecular formula is C12H16BrN5O. The molecule has 7 heteroatoms. The summed E-state index contributed by atoms with van der Waals surface area (Å²) in [6.07, 6.45) is 6.22. The van der Waals surface area contributed by atoms with Crippen LogP contribution in [-0.4, -0.2) is 31.5 Å². The van der Waals surface area contributed by atoms with Crippen molar-refractivity contribution in [3.63, 3.8) is 0 Å². The van der Waals surface area contributed by atoms with Crippen molar-refractivity contribution in [2.24, 2.45) is 0 Å². The highest BCUT2D eigenvalue weighted by Gasteiger charge is 2.11. The fourth-order valence-corrected chi connectivity index (χ4v) is 1.85. The Kier molecular flexibility index (Phi) is 4.36. The molecule has 0 aliphatic rings. The highest BCUT2D eigenvalue weighted by Crippen LogP contribution is 2.06. The Morgan fingerprint density at radius 2 is 2.32 bits per heavy atom. The van der Waals surface area contributed by atoms with E-state index in [1.165, 1.54) is 0 Å². The molecule has 1 N–H and O–H groups in total. The van der Waals surface area contributed by atoms with E-state index in [4.69, 9.17) is 0 Å². The first-order valence-electron chi connectivity index (χ1n) is 6.10. The van der Waals surface area contributed by atoms with E-state index in [9.17, 15) is 4.79 Å². The Labute approximate surface area is 119 Å². The Balaban J connectivity index is 2.00. The van der Waals surface area contributed by atoms with Crippen molar-refractivity contribution < 1.29 is 4.79 Å². The summed E-state index contributed by atoms with van der Waals surface area (Å²) in [5, 5.41) is 11.2. The van der Waals surface area contributed by atoms with Gasteiger partial charge >= 0.3 is 0 Å². The number of rotatable bonds is 5. The largest absolute Gasteiger partial charge is 0.348 e. The molecule has 102 valence electrons. The molecule has 6 nitrogen and oxygen atoms in total. The molecule has 19 heavy (non-hydrogen) atoms. The van der Waals surface area contributed by atoms with E-state index < -0.39 is 0 Å². The second-order valence-corrected chi connectivity index (χ2v) is 5.28. The molecule has 1 atom stereocenters. The number of halogens is 1. The molecule has 0 aliphatic carbocycles. The summed E-state index contributed by atoms with van der Waals surface area (Å²) >= 11 is 3.33. The third kappa shape index (κ3) is 3.66. The summed E-state index contributed by atoms with van der Waals surface area (Å²) in [5.74, 6) is -0.144. The minimum Gasteiger partial charge on any atom is -0.348 e. The van der Waals surface area contributed by atoms with Gasteiger partial charge in [-0.25, -0.2) is 4.68 Å². The molecule has 0 saturated carbocycles. The van der Waals surface area contributed by atoms with Crippen LogP contribution in [0.1, 0.15) is 30.8 Å². The van der Waals surface area contributed by atoms with Crippen molar-refractivity contribution in [2.75, 3.05) is 0 Å². The van der Waals surface area contributed by atoms with Crippen molar-refractivity contribution in [3.05, 3.63) is 34.8 Å². The molecule has 2 aromatic heterocycles. The van der Waals surface area contributed by atoms with Crippen LogP contribution in [0.25, 0.3) is 0 Å². The van der Waals surface area contributed by atoms with Gasteiger partial charge in [0.2, 0.25) is 0 Å². The molecule has 0 aliphatic heterocycles. The fourth-order valence-electron chi connectivity index (χ4n) is 1.53. The lowest BCUT2D eigenvalue weighted by Gasteiger charge is -2.09. The van der Waals surface area contributed by atoms with Crippen molar-refractivity contribution >= 4 is 21.8 Å². The summed E-state index contributed by atoms with van der Waals surface area (Å²) in [4.78, 5) is 11.9. The second kappa shape index (κ2) is 6.01. The number of hydrogen-bond donors (Lipinski definition) is 1. The number of hydrogen-bond acceptors (Lipinski definition) is 3. The lowest BCUT2D eigenvalue weighted by molar-refractivity contribution is 0.0933. The van der Waals surface area contributed by atoms with Gasteiger partial charge in [0.15, 0.2) is 0 Å². The summed E-state index contributed by atoms with van der Waals surface area (Å²) in [5.41, 5.74) is 0.423. The Morgan fingerprint density at radius 1 is 1.53 bits per heavy atom. The molecule has 1 unspecified atom stereocenters. The molecular weight excluding hydrogens is 310 g/mol. The predicted molar refractivity (Wildman–Crippen MR) is 74.8 cm³/mol. The fraction of sp³-hybridized carbons (Fsp3) is 0.417. The number of nitrogens with zero attached hydrogens (tertiary/aromatic N) is 4. The van der Waals surface area contributed by atoms with Crippen molar-refractivity contribution in [1.82, 2.24) is 24.9 Å². The summed E-state index contributed by atoms with van der Waals surface area (Å²) in [6, 6.07) is 1.86. The minimum atomic E-state index is -0.144. The van der Waals surface area contributed by atoms with Crippen LogP contribution in [0, 0.1) is 0 Å². The van der Waals surface area contributed by atoms with Crippen LogP contribution in [0.3, 0.4) is 0 Å². The smallest absolute Gasteiger partial charge is 0.271 e. The predicted octanol–water partition coefficient (Wildman–Crippen LogP) is 1.88. The zero-order valence-electron chi connectivity index (χ0n) is 10.9. The molecule has 0 aromatic carbocycles. The normalized spacial score (nSPS) is 12.4. The molecule has 0 saturated heterocycles. The van der Waals surface area contributed by atoms with Gasteiger partial charge in [0, 0.05) is 18.4 Å². The molecule has 0 radical (unpaired) electrons. The minimum absolute atomic E-state index is 0.144. The maximum absolute atomic E-state index is 11.9. The van der Waals surface area contributed by atoms with Gasteiger partial charge in [-0.15, -0.1) is 0 Å². The third-order valence-electron chi connectivity index (χ3n) is 2.75. The van der Waals surface area contributed by atoms with Crippen LogP contribution < -0.4 is 5.32 Å². The van der Waals surface area contributed by atoms with E-state index >= 15 is 0 Å². The van der Waals surface area contributed by atoms with Crippen molar-refractivity contribution in [1.29, 1.82) is 0 Å². The van der Waals surface area contributed by atoms with Gasteiger partial charge in [-0.1, -0.05) is 6.92 Å². The summed E-state index contributed by atoms with van der Waals surface area (Å²) in [7, 11) is 0. The molecule has 0 fully saturated rings. The number of amides is 1. The van der Waals surface area contributed by atoms with E-state index in [-0.39, 0.29) is 11.9 Å². The standard InChI is InChI=1S/C12H16BrN5O/c1-3-9(2)15-12(19)11-4-5-17(16-11)8-18-7-10(13)6-14-18/h4-7,9H,3,8H2,1-2H3,(H,15,19). The maximum atomic E-state index is 11.9. The average molecular weight is 326 g/mol.